The molecule has 1 N–H and O–H groups in total. The van der Waals surface area contributed by atoms with Gasteiger partial charge in [0.25, 0.3) is 0 Å². The molecule has 2 aliphatic heterocycles. The molecule has 0 aliphatic carbocycles. The van der Waals surface area contributed by atoms with Gasteiger partial charge in [0.2, 0.25) is 5.88 Å². The van der Waals surface area contributed by atoms with E-state index in [0.717, 1.165) is 19.4 Å². The smallest absolute Gasteiger partial charge is 0.317 e. The van der Waals surface area contributed by atoms with Gasteiger partial charge >= 0.3 is 6.03 Å². The standard InChI is InChI=1S/C14H19ClN4O3/c15-12-5-16-6-13(18-12)22-9-10-7-19(8-10)14(20)17-4-11-2-1-3-21-11/h5-6,10-11H,1-4,7-9H2,(H,17,20). The van der Waals surface area contributed by atoms with Crippen LogP contribution in [0.15, 0.2) is 12.4 Å². The van der Waals surface area contributed by atoms with E-state index in [-0.39, 0.29) is 12.1 Å². The first-order chi connectivity index (χ1) is 10.7. The maximum absolute atomic E-state index is 11.9. The van der Waals surface area contributed by atoms with Crippen molar-refractivity contribution in [2.75, 3.05) is 32.8 Å². The summed E-state index contributed by atoms with van der Waals surface area (Å²) in [6.45, 7) is 3.27. The maximum atomic E-state index is 11.9. The average molecular weight is 327 g/mol. The van der Waals surface area contributed by atoms with Crippen LogP contribution in [0, 0.1) is 5.92 Å². The van der Waals surface area contributed by atoms with Crippen LogP contribution in [0.2, 0.25) is 5.15 Å². The lowest BCUT2D eigenvalue weighted by atomic mass is 10.0. The Morgan fingerprint density at radius 1 is 1.50 bits per heavy atom. The highest BCUT2D eigenvalue weighted by Crippen LogP contribution is 2.18. The number of hydrogen-bond donors (Lipinski definition) is 1. The summed E-state index contributed by atoms with van der Waals surface area (Å²) in [5, 5.41) is 3.22. The lowest BCUT2D eigenvalue weighted by Gasteiger charge is -2.38. The highest BCUT2D eigenvalue weighted by Gasteiger charge is 2.31. The summed E-state index contributed by atoms with van der Waals surface area (Å²) < 4.78 is 11.0. The van der Waals surface area contributed by atoms with Gasteiger partial charge in [-0.3, -0.25) is 4.98 Å². The predicted molar refractivity (Wildman–Crippen MR) is 80.0 cm³/mol. The highest BCUT2D eigenvalue weighted by molar-refractivity contribution is 6.29. The van der Waals surface area contributed by atoms with Crippen molar-refractivity contribution in [1.29, 1.82) is 0 Å². The zero-order valence-corrected chi connectivity index (χ0v) is 13.0. The van der Waals surface area contributed by atoms with Gasteiger partial charge in [0.1, 0.15) is 0 Å². The first-order valence-corrected chi connectivity index (χ1v) is 7.83. The fourth-order valence-electron chi connectivity index (χ4n) is 2.56. The van der Waals surface area contributed by atoms with Gasteiger partial charge in [-0.1, -0.05) is 11.6 Å². The van der Waals surface area contributed by atoms with Crippen LogP contribution in [-0.4, -0.2) is 59.9 Å². The Kier molecular flexibility index (Phi) is 4.94. The van der Waals surface area contributed by atoms with Gasteiger partial charge in [-0.2, -0.15) is 4.98 Å². The summed E-state index contributed by atoms with van der Waals surface area (Å²) in [6, 6.07) is -0.0331. The van der Waals surface area contributed by atoms with E-state index in [1.54, 1.807) is 4.90 Å². The molecule has 1 aromatic rings. The van der Waals surface area contributed by atoms with Gasteiger partial charge in [-0.15, -0.1) is 0 Å². The van der Waals surface area contributed by atoms with Gasteiger partial charge in [0.05, 0.1) is 25.1 Å². The molecular weight excluding hydrogens is 308 g/mol. The summed E-state index contributed by atoms with van der Waals surface area (Å²) in [6.07, 6.45) is 5.26. The maximum Gasteiger partial charge on any atom is 0.317 e. The lowest BCUT2D eigenvalue weighted by Crippen LogP contribution is -2.56. The summed E-state index contributed by atoms with van der Waals surface area (Å²) in [5.41, 5.74) is 0. The molecule has 120 valence electrons. The summed E-state index contributed by atoms with van der Waals surface area (Å²) >= 11 is 5.74. The van der Waals surface area contributed by atoms with Gasteiger partial charge in [0.15, 0.2) is 5.15 Å². The predicted octanol–water partition coefficient (Wildman–Crippen LogP) is 1.33. The largest absolute Gasteiger partial charge is 0.476 e. The normalized spacial score (nSPS) is 21.5. The molecule has 0 bridgehead atoms. The summed E-state index contributed by atoms with van der Waals surface area (Å²) in [5.74, 6) is 0.725. The number of aromatic nitrogens is 2. The van der Waals surface area contributed by atoms with E-state index in [2.05, 4.69) is 15.3 Å². The summed E-state index contributed by atoms with van der Waals surface area (Å²) in [7, 11) is 0. The van der Waals surface area contributed by atoms with Crippen molar-refractivity contribution in [3.8, 4) is 5.88 Å². The molecule has 0 saturated carbocycles. The van der Waals surface area contributed by atoms with E-state index in [9.17, 15) is 4.79 Å². The third kappa shape index (κ3) is 3.98. The fraction of sp³-hybridized carbons (Fsp3) is 0.643. The number of halogens is 1. The lowest BCUT2D eigenvalue weighted by molar-refractivity contribution is 0.0770. The van der Waals surface area contributed by atoms with E-state index in [1.165, 1.54) is 12.4 Å². The van der Waals surface area contributed by atoms with Crippen molar-refractivity contribution in [2.45, 2.75) is 18.9 Å². The first kappa shape index (κ1) is 15.3. The van der Waals surface area contributed by atoms with Crippen LogP contribution in [0.1, 0.15) is 12.8 Å². The molecule has 0 spiro atoms. The van der Waals surface area contributed by atoms with Crippen molar-refractivity contribution < 1.29 is 14.3 Å². The molecule has 2 saturated heterocycles. The second-order valence-corrected chi connectivity index (χ2v) is 5.97. The SMILES string of the molecule is O=C(NCC1CCCO1)N1CC(COc2cncc(Cl)n2)C1. The van der Waals surface area contributed by atoms with E-state index in [1.807, 2.05) is 0 Å². The highest BCUT2D eigenvalue weighted by atomic mass is 35.5. The summed E-state index contributed by atoms with van der Waals surface area (Å²) in [4.78, 5) is 21.6. The number of hydrogen-bond acceptors (Lipinski definition) is 5. The van der Waals surface area contributed by atoms with Gasteiger partial charge < -0.3 is 19.7 Å². The van der Waals surface area contributed by atoms with E-state index >= 15 is 0 Å². The van der Waals surface area contributed by atoms with Gasteiger partial charge in [-0.25, -0.2) is 4.79 Å². The number of rotatable bonds is 5. The van der Waals surface area contributed by atoms with Crippen LogP contribution in [0.5, 0.6) is 5.88 Å². The van der Waals surface area contributed by atoms with Crippen molar-refractivity contribution in [3.05, 3.63) is 17.5 Å². The Bertz CT molecular complexity index is 519. The van der Waals surface area contributed by atoms with Crippen LogP contribution in [0.4, 0.5) is 4.79 Å². The van der Waals surface area contributed by atoms with Crippen LogP contribution in [0.25, 0.3) is 0 Å². The monoisotopic (exact) mass is 326 g/mol. The molecule has 8 heteroatoms. The minimum absolute atomic E-state index is 0.0331. The van der Waals surface area contributed by atoms with E-state index < -0.39 is 0 Å². The average Bonchev–Trinajstić information content (AvgIpc) is 2.97. The number of likely N-dealkylation sites (tertiary alicyclic amines) is 1. The Balaban J connectivity index is 1.32. The van der Waals surface area contributed by atoms with Gasteiger partial charge in [0, 0.05) is 32.2 Å². The molecular formula is C14H19ClN4O3. The fourth-order valence-corrected chi connectivity index (χ4v) is 2.70. The molecule has 1 aromatic heterocycles. The molecule has 2 fully saturated rings. The Morgan fingerprint density at radius 3 is 3.09 bits per heavy atom. The molecule has 7 nitrogen and oxygen atoms in total. The molecule has 2 aliphatic rings. The number of carbonyl (C=O) groups is 1. The minimum Gasteiger partial charge on any atom is -0.476 e. The third-order valence-electron chi connectivity index (χ3n) is 3.80. The molecule has 3 heterocycles. The molecule has 3 rings (SSSR count). The van der Waals surface area contributed by atoms with Crippen LogP contribution < -0.4 is 10.1 Å². The van der Waals surface area contributed by atoms with Crippen molar-refractivity contribution >= 4 is 17.6 Å². The molecule has 0 aromatic carbocycles. The number of ether oxygens (including phenoxy) is 2. The number of nitrogens with one attached hydrogen (secondary N) is 1. The Morgan fingerprint density at radius 2 is 2.36 bits per heavy atom. The van der Waals surface area contributed by atoms with Crippen LogP contribution >= 0.6 is 11.6 Å². The third-order valence-corrected chi connectivity index (χ3v) is 3.98. The number of carbonyl (C=O) groups excluding carboxylic acids is 1. The van der Waals surface area contributed by atoms with E-state index in [4.69, 9.17) is 21.1 Å². The van der Waals surface area contributed by atoms with Crippen molar-refractivity contribution in [2.24, 2.45) is 5.92 Å². The molecule has 2 amide bonds. The zero-order valence-electron chi connectivity index (χ0n) is 12.2. The van der Waals surface area contributed by atoms with Crippen molar-refractivity contribution in [1.82, 2.24) is 20.2 Å². The van der Waals surface area contributed by atoms with Crippen molar-refractivity contribution in [3.63, 3.8) is 0 Å². The molecule has 22 heavy (non-hydrogen) atoms. The Hall–Kier alpha value is -1.60. The second-order valence-electron chi connectivity index (χ2n) is 5.58. The quantitative estimate of drug-likeness (QED) is 0.883. The molecule has 1 atom stereocenters. The van der Waals surface area contributed by atoms with Crippen LogP contribution in [-0.2, 0) is 4.74 Å². The number of amides is 2. The topological polar surface area (TPSA) is 76.6 Å². The molecule has 0 radical (unpaired) electrons. The Labute approximate surface area is 134 Å². The minimum atomic E-state index is -0.0331. The zero-order chi connectivity index (χ0) is 15.4. The van der Waals surface area contributed by atoms with Crippen LogP contribution in [0.3, 0.4) is 0 Å². The van der Waals surface area contributed by atoms with E-state index in [0.29, 0.717) is 43.2 Å². The van der Waals surface area contributed by atoms with Gasteiger partial charge in [-0.05, 0) is 12.8 Å². The number of urea groups is 1. The first-order valence-electron chi connectivity index (χ1n) is 7.45. The number of nitrogens with zero attached hydrogens (tertiary/aromatic N) is 3. The second kappa shape index (κ2) is 7.11. The molecule has 1 unspecified atom stereocenters.